The van der Waals surface area contributed by atoms with Crippen LogP contribution < -0.4 is 15.4 Å². The summed E-state index contributed by atoms with van der Waals surface area (Å²) in [5.74, 6) is -1.54. The van der Waals surface area contributed by atoms with Gasteiger partial charge in [0.25, 0.3) is 0 Å². The summed E-state index contributed by atoms with van der Waals surface area (Å²) in [6.45, 7) is -0.593. The molecule has 2 N–H and O–H groups in total. The number of hydrogen-bond donors (Lipinski definition) is 2. The number of ether oxygens (including phenoxy) is 2. The minimum Gasteiger partial charge on any atom is -0.461 e. The number of anilines is 3. The number of amides is 1. The van der Waals surface area contributed by atoms with Crippen molar-refractivity contribution in [3.8, 4) is 5.75 Å². The van der Waals surface area contributed by atoms with E-state index in [0.717, 1.165) is 18.9 Å². The van der Waals surface area contributed by atoms with Crippen molar-refractivity contribution in [3.05, 3.63) is 35.3 Å². The maximum Gasteiger partial charge on any atom is 0.421 e. The maximum absolute atomic E-state index is 14.9. The summed E-state index contributed by atoms with van der Waals surface area (Å²) in [5, 5.41) is 5.30. The van der Waals surface area contributed by atoms with Gasteiger partial charge >= 0.3 is 6.18 Å². The van der Waals surface area contributed by atoms with Gasteiger partial charge in [-0.05, 0) is 18.9 Å². The molecule has 0 bridgehead atoms. The topological polar surface area (TPSA) is 88.6 Å². The SMILES string of the molecule is O=CN1CCOC(c2cc(OCF)c(Nc3ncc(C(F)(F)F)c(NC4CC4)n3)cc2F)C1. The number of nitrogens with zero attached hydrogens (tertiary/aromatic N) is 3. The lowest BCUT2D eigenvalue weighted by atomic mass is 10.1. The Balaban J connectivity index is 1.63. The lowest BCUT2D eigenvalue weighted by molar-refractivity contribution is -0.137. The Labute approximate surface area is 185 Å². The zero-order chi connectivity index (χ0) is 23.6. The summed E-state index contributed by atoms with van der Waals surface area (Å²) in [7, 11) is 0. The van der Waals surface area contributed by atoms with Crippen molar-refractivity contribution in [1.82, 2.24) is 14.9 Å². The van der Waals surface area contributed by atoms with Crippen molar-refractivity contribution in [2.45, 2.75) is 31.2 Å². The number of carbonyl (C=O) groups is 1. The number of rotatable bonds is 8. The summed E-state index contributed by atoms with van der Waals surface area (Å²) in [6, 6.07) is 2.08. The first kappa shape index (κ1) is 23.0. The van der Waals surface area contributed by atoms with E-state index in [0.29, 0.717) is 19.2 Å². The van der Waals surface area contributed by atoms with Crippen LogP contribution in [0.5, 0.6) is 5.75 Å². The second-order valence-electron chi connectivity index (χ2n) is 7.58. The number of nitrogens with one attached hydrogen (secondary N) is 2. The number of aromatic nitrogens is 2. The van der Waals surface area contributed by atoms with E-state index in [1.165, 1.54) is 11.0 Å². The van der Waals surface area contributed by atoms with Crippen LogP contribution in [0.1, 0.15) is 30.1 Å². The molecule has 2 aliphatic rings. The van der Waals surface area contributed by atoms with Crippen molar-refractivity contribution in [2.75, 3.05) is 37.2 Å². The molecule has 0 radical (unpaired) electrons. The van der Waals surface area contributed by atoms with Crippen LogP contribution in [0.2, 0.25) is 0 Å². The number of halogens is 5. The molecule has 13 heteroatoms. The number of carbonyl (C=O) groups excluding carboxylic acids is 1. The third kappa shape index (κ3) is 5.41. The maximum atomic E-state index is 14.9. The van der Waals surface area contributed by atoms with Gasteiger partial charge in [-0.15, -0.1) is 0 Å². The Morgan fingerprint density at radius 1 is 1.30 bits per heavy atom. The summed E-state index contributed by atoms with van der Waals surface area (Å²) >= 11 is 0. The van der Waals surface area contributed by atoms with Crippen molar-refractivity contribution >= 4 is 23.9 Å². The molecule has 8 nitrogen and oxygen atoms in total. The van der Waals surface area contributed by atoms with E-state index in [1.54, 1.807) is 0 Å². The average Bonchev–Trinajstić information content (AvgIpc) is 3.59. The molecule has 1 unspecified atom stereocenters. The molecule has 2 aromatic rings. The smallest absolute Gasteiger partial charge is 0.421 e. The number of alkyl halides is 4. The molecule has 1 atom stereocenters. The molecular weight excluding hydrogens is 453 g/mol. The third-order valence-corrected chi connectivity index (χ3v) is 5.16. The lowest BCUT2D eigenvalue weighted by Crippen LogP contribution is -2.37. The first-order valence-electron chi connectivity index (χ1n) is 10.1. The van der Waals surface area contributed by atoms with Gasteiger partial charge < -0.3 is 25.0 Å². The van der Waals surface area contributed by atoms with Gasteiger partial charge in [-0.1, -0.05) is 0 Å². The fraction of sp³-hybridized carbons (Fsp3) is 0.450. The summed E-state index contributed by atoms with van der Waals surface area (Å²) < 4.78 is 78.2. The molecule has 2 fully saturated rings. The van der Waals surface area contributed by atoms with Crippen molar-refractivity contribution in [2.24, 2.45) is 0 Å². The Bertz CT molecular complexity index is 1020. The van der Waals surface area contributed by atoms with Gasteiger partial charge in [-0.3, -0.25) is 4.79 Å². The van der Waals surface area contributed by atoms with Crippen LogP contribution in [0.25, 0.3) is 0 Å². The zero-order valence-electron chi connectivity index (χ0n) is 17.2. The van der Waals surface area contributed by atoms with E-state index in [2.05, 4.69) is 20.6 Å². The van der Waals surface area contributed by atoms with E-state index < -0.39 is 36.3 Å². The Morgan fingerprint density at radius 3 is 2.76 bits per heavy atom. The Hall–Kier alpha value is -3.22. The second-order valence-corrected chi connectivity index (χ2v) is 7.58. The largest absolute Gasteiger partial charge is 0.461 e. The molecule has 1 aromatic carbocycles. The molecule has 2 heterocycles. The van der Waals surface area contributed by atoms with E-state index in [-0.39, 0.29) is 42.1 Å². The first-order valence-corrected chi connectivity index (χ1v) is 10.1. The molecular formula is C20H20F5N5O3. The normalized spacial score (nSPS) is 18.7. The molecule has 4 rings (SSSR count). The average molecular weight is 473 g/mol. The highest BCUT2D eigenvalue weighted by molar-refractivity contribution is 5.65. The van der Waals surface area contributed by atoms with Crippen molar-refractivity contribution < 1.29 is 36.2 Å². The van der Waals surface area contributed by atoms with Gasteiger partial charge in [0.15, 0.2) is 0 Å². The van der Waals surface area contributed by atoms with E-state index in [1.807, 2.05) is 0 Å². The minimum atomic E-state index is -4.67. The zero-order valence-corrected chi connectivity index (χ0v) is 17.2. The van der Waals surface area contributed by atoms with Crippen molar-refractivity contribution in [1.29, 1.82) is 0 Å². The van der Waals surface area contributed by atoms with Gasteiger partial charge in [0.05, 0.1) is 18.8 Å². The summed E-state index contributed by atoms with van der Waals surface area (Å²) in [6.07, 6.45) is -2.79. The molecule has 0 spiro atoms. The van der Waals surface area contributed by atoms with Gasteiger partial charge in [0, 0.05) is 30.4 Å². The van der Waals surface area contributed by atoms with Crippen LogP contribution in [0.4, 0.5) is 39.4 Å². The number of hydrogen-bond acceptors (Lipinski definition) is 7. The number of morpholine rings is 1. The van der Waals surface area contributed by atoms with E-state index in [4.69, 9.17) is 9.47 Å². The molecule has 1 amide bonds. The number of benzene rings is 1. The molecule has 1 aromatic heterocycles. The summed E-state index contributed by atoms with van der Waals surface area (Å²) in [5.41, 5.74) is -1.08. The third-order valence-electron chi connectivity index (χ3n) is 5.16. The molecule has 1 aliphatic carbocycles. The fourth-order valence-corrected chi connectivity index (χ4v) is 3.35. The standard InChI is InChI=1S/C20H20F5N5O3/c21-9-33-16-5-12(17-8-30(10-31)3-4-32-17)14(22)6-15(16)28-19-26-7-13(20(23,24)25)18(29-19)27-11-1-2-11/h5-7,10-11,17H,1-4,8-9H2,(H2,26,27,28,29). The summed E-state index contributed by atoms with van der Waals surface area (Å²) in [4.78, 5) is 20.0. The van der Waals surface area contributed by atoms with Crippen LogP contribution in [-0.4, -0.2) is 53.9 Å². The monoisotopic (exact) mass is 473 g/mol. The predicted molar refractivity (Wildman–Crippen MR) is 106 cm³/mol. The second kappa shape index (κ2) is 9.33. The van der Waals surface area contributed by atoms with Gasteiger partial charge in [-0.2, -0.15) is 18.2 Å². The van der Waals surface area contributed by atoms with Gasteiger partial charge in [0.1, 0.15) is 29.1 Å². The Kier molecular flexibility index (Phi) is 6.49. The highest BCUT2D eigenvalue weighted by atomic mass is 19.4. The quantitative estimate of drug-likeness (QED) is 0.446. The highest BCUT2D eigenvalue weighted by Gasteiger charge is 2.37. The highest BCUT2D eigenvalue weighted by Crippen LogP contribution is 2.38. The van der Waals surface area contributed by atoms with Crippen LogP contribution >= 0.6 is 0 Å². The van der Waals surface area contributed by atoms with Gasteiger partial charge in [-0.25, -0.2) is 13.8 Å². The molecule has 1 saturated heterocycles. The van der Waals surface area contributed by atoms with Crippen molar-refractivity contribution in [3.63, 3.8) is 0 Å². The van der Waals surface area contributed by atoms with Crippen LogP contribution in [0.3, 0.4) is 0 Å². The van der Waals surface area contributed by atoms with E-state index in [9.17, 15) is 26.7 Å². The molecule has 33 heavy (non-hydrogen) atoms. The molecule has 1 saturated carbocycles. The molecule has 178 valence electrons. The lowest BCUT2D eigenvalue weighted by Gasteiger charge is -2.31. The molecule has 1 aliphatic heterocycles. The fourth-order valence-electron chi connectivity index (χ4n) is 3.35. The Morgan fingerprint density at radius 2 is 2.09 bits per heavy atom. The van der Waals surface area contributed by atoms with Crippen LogP contribution in [0, 0.1) is 5.82 Å². The van der Waals surface area contributed by atoms with Crippen LogP contribution in [-0.2, 0) is 15.7 Å². The predicted octanol–water partition coefficient (Wildman–Crippen LogP) is 3.79. The minimum absolute atomic E-state index is 0.0416. The van der Waals surface area contributed by atoms with Crippen LogP contribution in [0.15, 0.2) is 18.3 Å². The first-order chi connectivity index (χ1) is 15.8. The van der Waals surface area contributed by atoms with E-state index >= 15 is 0 Å². The van der Waals surface area contributed by atoms with Gasteiger partial charge in [0.2, 0.25) is 19.2 Å².